The molecule has 1 aliphatic carbocycles. The van der Waals surface area contributed by atoms with Crippen molar-refractivity contribution in [1.29, 1.82) is 0 Å². The van der Waals surface area contributed by atoms with Crippen molar-refractivity contribution in [3.05, 3.63) is 29.8 Å². The molecule has 1 atom stereocenters. The summed E-state index contributed by atoms with van der Waals surface area (Å²) < 4.78 is 11.8. The Labute approximate surface area is 194 Å². The Kier molecular flexibility index (Phi) is 10.4. The van der Waals surface area contributed by atoms with E-state index in [2.05, 4.69) is 50.0 Å². The number of unbranched alkanes of at least 4 members (excludes halogenated alkanes) is 3. The van der Waals surface area contributed by atoms with E-state index in [-0.39, 0.29) is 5.37 Å². The van der Waals surface area contributed by atoms with Crippen molar-refractivity contribution in [1.82, 2.24) is 5.01 Å². The van der Waals surface area contributed by atoms with E-state index in [9.17, 15) is 0 Å². The van der Waals surface area contributed by atoms with Crippen molar-refractivity contribution in [2.75, 3.05) is 13.2 Å². The number of rotatable bonds is 12. The molecule has 4 nitrogen and oxygen atoms in total. The summed E-state index contributed by atoms with van der Waals surface area (Å²) in [6.45, 7) is 8.16. The van der Waals surface area contributed by atoms with Gasteiger partial charge in [-0.2, -0.15) is 0 Å². The van der Waals surface area contributed by atoms with Crippen LogP contribution in [0.4, 0.5) is 0 Å². The highest BCUT2D eigenvalue weighted by molar-refractivity contribution is 8.13. The molecule has 31 heavy (non-hydrogen) atoms. The molecule has 0 saturated heterocycles. The lowest BCUT2D eigenvalue weighted by molar-refractivity contribution is 0.127. The largest absolute Gasteiger partial charge is 0.494 e. The van der Waals surface area contributed by atoms with Gasteiger partial charge >= 0.3 is 0 Å². The van der Waals surface area contributed by atoms with Crippen LogP contribution in [0.25, 0.3) is 0 Å². The summed E-state index contributed by atoms with van der Waals surface area (Å²) in [5.74, 6) is 1.87. The van der Waals surface area contributed by atoms with Crippen LogP contribution < -0.4 is 4.74 Å². The maximum absolute atomic E-state index is 5.95. The van der Waals surface area contributed by atoms with Crippen LogP contribution in [-0.2, 0) is 4.74 Å². The fourth-order valence-electron chi connectivity index (χ4n) is 4.51. The molecule has 1 unspecified atom stereocenters. The average Bonchev–Trinajstić information content (AvgIpc) is 3.23. The number of benzene rings is 1. The van der Waals surface area contributed by atoms with E-state index in [1.807, 2.05) is 0 Å². The molecular formula is C26H42N2O2S. The molecule has 1 heterocycles. The Balaban J connectivity index is 1.62. The summed E-state index contributed by atoms with van der Waals surface area (Å²) in [6.07, 6.45) is 13.9. The number of hydrazone groups is 1. The second-order valence-corrected chi connectivity index (χ2v) is 10.0. The van der Waals surface area contributed by atoms with Crippen molar-refractivity contribution >= 4 is 17.0 Å². The third-order valence-corrected chi connectivity index (χ3v) is 7.53. The summed E-state index contributed by atoms with van der Waals surface area (Å²) in [7, 11) is 0. The Morgan fingerprint density at radius 2 is 1.61 bits per heavy atom. The number of hydrogen-bond acceptors (Lipinski definition) is 5. The predicted molar refractivity (Wildman–Crippen MR) is 133 cm³/mol. The molecule has 3 rings (SSSR count). The molecule has 0 bridgehead atoms. The third kappa shape index (κ3) is 7.34. The minimum Gasteiger partial charge on any atom is -0.494 e. The lowest BCUT2D eigenvalue weighted by Crippen LogP contribution is -2.34. The minimum absolute atomic E-state index is 0.207. The standard InChI is InChI=1S/C26H42N2O2S/c1-4-7-9-10-21-11-15-23(16-12-21)28-25(31-26(27-28)30-19-6-3)22-13-17-24(18-14-22)29-20-8-5-2/h13-14,17-18,21,23,25H,4-12,15-16,19-20H2,1-3H3. The van der Waals surface area contributed by atoms with Gasteiger partial charge < -0.3 is 9.47 Å². The van der Waals surface area contributed by atoms with Gasteiger partial charge in [-0.3, -0.25) is 5.01 Å². The number of thioether (sulfide) groups is 1. The van der Waals surface area contributed by atoms with Gasteiger partial charge in [0.05, 0.1) is 13.2 Å². The summed E-state index contributed by atoms with van der Waals surface area (Å²) in [6, 6.07) is 9.16. The minimum atomic E-state index is 0.207. The van der Waals surface area contributed by atoms with Crippen LogP contribution >= 0.6 is 11.8 Å². The van der Waals surface area contributed by atoms with Gasteiger partial charge in [-0.05, 0) is 73.9 Å². The SMILES string of the molecule is CCCCCC1CCC(N2N=C(OCCC)SC2c2ccc(OCCCC)cc2)CC1. The van der Waals surface area contributed by atoms with Gasteiger partial charge in [0.25, 0.3) is 5.23 Å². The molecule has 0 N–H and O–H groups in total. The molecule has 0 spiro atoms. The fourth-order valence-corrected chi connectivity index (χ4v) is 5.61. The van der Waals surface area contributed by atoms with Gasteiger partial charge in [0.15, 0.2) is 0 Å². The average molecular weight is 447 g/mol. The highest BCUT2D eigenvalue weighted by Gasteiger charge is 2.36. The van der Waals surface area contributed by atoms with Crippen LogP contribution in [0, 0.1) is 5.92 Å². The zero-order chi connectivity index (χ0) is 21.9. The third-order valence-electron chi connectivity index (χ3n) is 6.42. The molecule has 1 aliphatic heterocycles. The van der Waals surface area contributed by atoms with Gasteiger partial charge in [-0.15, -0.1) is 5.10 Å². The van der Waals surface area contributed by atoms with Crippen molar-refractivity contribution in [3.8, 4) is 5.75 Å². The van der Waals surface area contributed by atoms with Crippen LogP contribution in [0.5, 0.6) is 5.75 Å². The van der Waals surface area contributed by atoms with E-state index in [0.29, 0.717) is 6.04 Å². The predicted octanol–water partition coefficient (Wildman–Crippen LogP) is 7.75. The Morgan fingerprint density at radius 1 is 0.871 bits per heavy atom. The first-order valence-electron chi connectivity index (χ1n) is 12.6. The van der Waals surface area contributed by atoms with Crippen LogP contribution in [0.3, 0.4) is 0 Å². The molecule has 0 aromatic heterocycles. The van der Waals surface area contributed by atoms with Crippen LogP contribution in [-0.4, -0.2) is 29.5 Å². The molecule has 1 fully saturated rings. The highest BCUT2D eigenvalue weighted by Crippen LogP contribution is 2.44. The summed E-state index contributed by atoms with van der Waals surface area (Å²) in [5, 5.41) is 8.34. The van der Waals surface area contributed by atoms with Crippen molar-refractivity contribution in [3.63, 3.8) is 0 Å². The van der Waals surface area contributed by atoms with E-state index in [1.165, 1.54) is 56.9 Å². The first kappa shape index (κ1) is 24.3. The first-order valence-corrected chi connectivity index (χ1v) is 13.5. The second kappa shape index (κ2) is 13.2. The van der Waals surface area contributed by atoms with Gasteiger partial charge in [0.2, 0.25) is 0 Å². The second-order valence-electron chi connectivity index (χ2n) is 9.01. The van der Waals surface area contributed by atoms with E-state index >= 15 is 0 Å². The Bertz CT molecular complexity index is 656. The van der Waals surface area contributed by atoms with E-state index < -0.39 is 0 Å². The van der Waals surface area contributed by atoms with Gasteiger partial charge in [-0.25, -0.2) is 0 Å². The maximum Gasteiger partial charge on any atom is 0.269 e. The van der Waals surface area contributed by atoms with Gasteiger partial charge in [0.1, 0.15) is 11.1 Å². The summed E-state index contributed by atoms with van der Waals surface area (Å²) in [5.41, 5.74) is 1.29. The Morgan fingerprint density at radius 3 is 2.29 bits per heavy atom. The van der Waals surface area contributed by atoms with E-state index in [1.54, 1.807) is 11.8 Å². The van der Waals surface area contributed by atoms with Crippen molar-refractivity contribution < 1.29 is 9.47 Å². The van der Waals surface area contributed by atoms with E-state index in [4.69, 9.17) is 14.6 Å². The van der Waals surface area contributed by atoms with Crippen LogP contribution in [0.2, 0.25) is 0 Å². The number of hydrogen-bond donors (Lipinski definition) is 0. The molecule has 0 radical (unpaired) electrons. The molecule has 1 aromatic carbocycles. The topological polar surface area (TPSA) is 34.1 Å². The molecule has 5 heteroatoms. The number of nitrogens with zero attached hydrogens (tertiary/aromatic N) is 2. The normalized spacial score (nSPS) is 23.6. The number of ether oxygens (including phenoxy) is 2. The quantitative estimate of drug-likeness (QED) is 0.307. The van der Waals surface area contributed by atoms with E-state index in [0.717, 1.165) is 49.4 Å². The molecular weight excluding hydrogens is 404 g/mol. The lowest BCUT2D eigenvalue weighted by Gasteiger charge is -2.36. The molecule has 1 saturated carbocycles. The Hall–Kier alpha value is -1.36. The molecule has 1 aromatic rings. The molecule has 0 amide bonds. The highest BCUT2D eigenvalue weighted by atomic mass is 32.2. The first-order chi connectivity index (χ1) is 15.2. The zero-order valence-electron chi connectivity index (χ0n) is 19.9. The summed E-state index contributed by atoms with van der Waals surface area (Å²) >= 11 is 1.76. The van der Waals surface area contributed by atoms with Crippen LogP contribution in [0.15, 0.2) is 29.4 Å². The monoisotopic (exact) mass is 446 g/mol. The van der Waals surface area contributed by atoms with Gasteiger partial charge in [0, 0.05) is 6.04 Å². The molecule has 174 valence electrons. The maximum atomic E-state index is 5.95. The van der Waals surface area contributed by atoms with Crippen molar-refractivity contribution in [2.24, 2.45) is 11.0 Å². The smallest absolute Gasteiger partial charge is 0.269 e. The fraction of sp³-hybridized carbons (Fsp3) is 0.731. The van der Waals surface area contributed by atoms with Gasteiger partial charge in [-0.1, -0.05) is 65.0 Å². The van der Waals surface area contributed by atoms with Crippen LogP contribution in [0.1, 0.15) is 102 Å². The zero-order valence-corrected chi connectivity index (χ0v) is 20.7. The molecule has 2 aliphatic rings. The summed E-state index contributed by atoms with van der Waals surface area (Å²) in [4.78, 5) is 0. The van der Waals surface area contributed by atoms with Crippen molar-refractivity contribution in [2.45, 2.75) is 103 Å². The lowest BCUT2D eigenvalue weighted by atomic mass is 9.82.